The van der Waals surface area contributed by atoms with Gasteiger partial charge in [-0.05, 0) is 36.6 Å². The van der Waals surface area contributed by atoms with Crippen LogP contribution in [0.1, 0.15) is 25.8 Å². The SMILES string of the molecule is CC(C)N1CCN(Cc2cccc3ccccc23)CC1CCO. The fourth-order valence-electron chi connectivity index (χ4n) is 3.83. The van der Waals surface area contributed by atoms with Crippen LogP contribution in [0.3, 0.4) is 0 Å². The van der Waals surface area contributed by atoms with Gasteiger partial charge in [0.1, 0.15) is 0 Å². The van der Waals surface area contributed by atoms with E-state index in [1.807, 2.05) is 0 Å². The Kier molecular flexibility index (Phi) is 5.31. The number of fused-ring (bicyclic) bond motifs is 1. The Balaban J connectivity index is 1.75. The zero-order valence-corrected chi connectivity index (χ0v) is 14.3. The molecule has 124 valence electrons. The van der Waals surface area contributed by atoms with Crippen LogP contribution < -0.4 is 0 Å². The molecule has 0 amide bonds. The van der Waals surface area contributed by atoms with E-state index in [1.165, 1.54) is 16.3 Å². The van der Waals surface area contributed by atoms with Gasteiger partial charge in [0.05, 0.1) is 0 Å². The van der Waals surface area contributed by atoms with Gasteiger partial charge in [0, 0.05) is 44.9 Å². The van der Waals surface area contributed by atoms with Crippen LogP contribution >= 0.6 is 0 Å². The third-order valence-electron chi connectivity index (χ3n) is 5.01. The van der Waals surface area contributed by atoms with Crippen LogP contribution in [0, 0.1) is 0 Å². The van der Waals surface area contributed by atoms with E-state index < -0.39 is 0 Å². The molecule has 0 radical (unpaired) electrons. The van der Waals surface area contributed by atoms with Gasteiger partial charge in [-0.15, -0.1) is 0 Å². The van der Waals surface area contributed by atoms with E-state index >= 15 is 0 Å². The number of hydrogen-bond donors (Lipinski definition) is 1. The maximum absolute atomic E-state index is 9.39. The summed E-state index contributed by atoms with van der Waals surface area (Å²) in [5.74, 6) is 0. The van der Waals surface area contributed by atoms with Crippen LogP contribution in [0.4, 0.5) is 0 Å². The highest BCUT2D eigenvalue weighted by atomic mass is 16.3. The number of aliphatic hydroxyl groups is 1. The molecule has 0 saturated carbocycles. The molecule has 1 unspecified atom stereocenters. The summed E-state index contributed by atoms with van der Waals surface area (Å²) in [5, 5.41) is 12.1. The minimum Gasteiger partial charge on any atom is -0.396 e. The van der Waals surface area contributed by atoms with Gasteiger partial charge in [-0.1, -0.05) is 42.5 Å². The highest BCUT2D eigenvalue weighted by Crippen LogP contribution is 2.22. The first kappa shape index (κ1) is 16.4. The zero-order valence-electron chi connectivity index (χ0n) is 14.3. The van der Waals surface area contributed by atoms with Gasteiger partial charge in [-0.3, -0.25) is 9.80 Å². The molecule has 0 spiro atoms. The third kappa shape index (κ3) is 3.74. The summed E-state index contributed by atoms with van der Waals surface area (Å²) < 4.78 is 0. The minimum absolute atomic E-state index is 0.274. The molecule has 3 heteroatoms. The van der Waals surface area contributed by atoms with Crippen LogP contribution in [-0.4, -0.2) is 53.2 Å². The third-order valence-corrected chi connectivity index (χ3v) is 5.01. The lowest BCUT2D eigenvalue weighted by molar-refractivity contribution is 0.0351. The average Bonchev–Trinajstić information content (AvgIpc) is 2.55. The highest BCUT2D eigenvalue weighted by Gasteiger charge is 2.28. The number of hydrogen-bond acceptors (Lipinski definition) is 3. The maximum Gasteiger partial charge on any atom is 0.0446 e. The number of piperazine rings is 1. The lowest BCUT2D eigenvalue weighted by atomic mass is 10.0. The summed E-state index contributed by atoms with van der Waals surface area (Å²) in [6.07, 6.45) is 0.865. The van der Waals surface area contributed by atoms with Gasteiger partial charge in [-0.2, -0.15) is 0 Å². The summed E-state index contributed by atoms with van der Waals surface area (Å²) >= 11 is 0. The number of benzene rings is 2. The molecule has 1 aliphatic rings. The molecule has 1 heterocycles. The summed E-state index contributed by atoms with van der Waals surface area (Å²) in [7, 11) is 0. The molecule has 1 saturated heterocycles. The zero-order chi connectivity index (χ0) is 16.2. The Hall–Kier alpha value is -1.42. The molecule has 0 aromatic heterocycles. The highest BCUT2D eigenvalue weighted by molar-refractivity contribution is 5.85. The molecule has 2 aromatic carbocycles. The fraction of sp³-hybridized carbons (Fsp3) is 0.500. The Morgan fingerprint density at radius 1 is 1.09 bits per heavy atom. The van der Waals surface area contributed by atoms with Crippen LogP contribution in [-0.2, 0) is 6.54 Å². The van der Waals surface area contributed by atoms with E-state index in [-0.39, 0.29) is 6.61 Å². The Morgan fingerprint density at radius 2 is 1.87 bits per heavy atom. The molecule has 3 rings (SSSR count). The Bertz CT molecular complexity index is 635. The van der Waals surface area contributed by atoms with Crippen molar-refractivity contribution in [1.82, 2.24) is 9.80 Å². The van der Waals surface area contributed by atoms with Crippen molar-refractivity contribution in [3.63, 3.8) is 0 Å². The van der Waals surface area contributed by atoms with E-state index in [9.17, 15) is 5.11 Å². The predicted molar refractivity (Wildman–Crippen MR) is 96.6 cm³/mol. The van der Waals surface area contributed by atoms with Crippen molar-refractivity contribution in [2.45, 2.75) is 38.9 Å². The molecule has 0 aliphatic carbocycles. The maximum atomic E-state index is 9.39. The minimum atomic E-state index is 0.274. The lowest BCUT2D eigenvalue weighted by Gasteiger charge is -2.43. The van der Waals surface area contributed by atoms with Gasteiger partial charge < -0.3 is 5.11 Å². The molecule has 1 N–H and O–H groups in total. The van der Waals surface area contributed by atoms with Gasteiger partial charge in [0.25, 0.3) is 0 Å². The molecule has 1 aliphatic heterocycles. The normalized spacial score (nSPS) is 20.4. The smallest absolute Gasteiger partial charge is 0.0446 e. The number of nitrogens with zero attached hydrogens (tertiary/aromatic N) is 2. The van der Waals surface area contributed by atoms with Gasteiger partial charge in [0.15, 0.2) is 0 Å². The van der Waals surface area contributed by atoms with Crippen LogP contribution in [0.15, 0.2) is 42.5 Å². The first-order valence-corrected chi connectivity index (χ1v) is 8.74. The summed E-state index contributed by atoms with van der Waals surface area (Å²) in [5.41, 5.74) is 1.41. The fourth-order valence-corrected chi connectivity index (χ4v) is 3.83. The van der Waals surface area contributed by atoms with Crippen LogP contribution in [0.2, 0.25) is 0 Å². The van der Waals surface area contributed by atoms with Crippen molar-refractivity contribution in [3.05, 3.63) is 48.0 Å². The molecule has 1 fully saturated rings. The second-order valence-electron chi connectivity index (χ2n) is 6.87. The van der Waals surface area contributed by atoms with E-state index in [0.29, 0.717) is 12.1 Å². The molecule has 0 bridgehead atoms. The van der Waals surface area contributed by atoms with Crippen molar-refractivity contribution in [1.29, 1.82) is 0 Å². The molecule has 3 nitrogen and oxygen atoms in total. The second kappa shape index (κ2) is 7.43. The molecule has 1 atom stereocenters. The van der Waals surface area contributed by atoms with E-state index in [0.717, 1.165) is 32.6 Å². The predicted octanol–water partition coefficient (Wildman–Crippen LogP) is 3.12. The van der Waals surface area contributed by atoms with Gasteiger partial charge >= 0.3 is 0 Å². The molecule has 2 aromatic rings. The lowest BCUT2D eigenvalue weighted by Crippen LogP contribution is -2.55. The summed E-state index contributed by atoms with van der Waals surface area (Å²) in [6, 6.07) is 16.2. The monoisotopic (exact) mass is 312 g/mol. The number of aliphatic hydroxyl groups excluding tert-OH is 1. The molecule has 23 heavy (non-hydrogen) atoms. The standard InChI is InChI=1S/C20H28N2O/c1-16(2)22-12-11-21(15-19(22)10-13-23)14-18-8-5-7-17-6-3-4-9-20(17)18/h3-9,16,19,23H,10-15H2,1-2H3. The van der Waals surface area contributed by atoms with Crippen LogP contribution in [0.5, 0.6) is 0 Å². The molecular weight excluding hydrogens is 284 g/mol. The quantitative estimate of drug-likeness (QED) is 0.919. The van der Waals surface area contributed by atoms with E-state index in [2.05, 4.69) is 66.1 Å². The summed E-state index contributed by atoms with van der Waals surface area (Å²) in [4.78, 5) is 5.08. The first-order valence-electron chi connectivity index (χ1n) is 8.74. The van der Waals surface area contributed by atoms with Gasteiger partial charge in [0.2, 0.25) is 0 Å². The van der Waals surface area contributed by atoms with Gasteiger partial charge in [-0.25, -0.2) is 0 Å². The van der Waals surface area contributed by atoms with Crippen molar-refractivity contribution in [3.8, 4) is 0 Å². The van der Waals surface area contributed by atoms with Crippen molar-refractivity contribution in [2.75, 3.05) is 26.2 Å². The van der Waals surface area contributed by atoms with E-state index in [4.69, 9.17) is 0 Å². The van der Waals surface area contributed by atoms with E-state index in [1.54, 1.807) is 0 Å². The van der Waals surface area contributed by atoms with Crippen molar-refractivity contribution in [2.24, 2.45) is 0 Å². The Labute approximate surface area is 139 Å². The first-order chi connectivity index (χ1) is 11.2. The number of rotatable bonds is 5. The van der Waals surface area contributed by atoms with Crippen molar-refractivity contribution < 1.29 is 5.11 Å². The molecular formula is C20H28N2O. The van der Waals surface area contributed by atoms with Crippen molar-refractivity contribution >= 4 is 10.8 Å². The Morgan fingerprint density at radius 3 is 2.65 bits per heavy atom. The van der Waals surface area contributed by atoms with Crippen LogP contribution in [0.25, 0.3) is 10.8 Å². The largest absolute Gasteiger partial charge is 0.396 e. The second-order valence-corrected chi connectivity index (χ2v) is 6.87. The topological polar surface area (TPSA) is 26.7 Å². The average molecular weight is 312 g/mol. The summed E-state index contributed by atoms with van der Waals surface area (Å²) in [6.45, 7) is 9.01.